The van der Waals surface area contributed by atoms with Gasteiger partial charge in [0, 0.05) is 12.0 Å². The van der Waals surface area contributed by atoms with Gasteiger partial charge in [-0.1, -0.05) is 6.07 Å². The molecule has 1 N–H and O–H groups in total. The zero-order valence-corrected chi connectivity index (χ0v) is 8.19. The Labute approximate surface area is 83.3 Å². The molecule has 0 aromatic heterocycles. The van der Waals surface area contributed by atoms with Crippen LogP contribution in [0.25, 0.3) is 0 Å². The van der Waals surface area contributed by atoms with Gasteiger partial charge in [-0.05, 0) is 19.1 Å². The molecule has 1 saturated heterocycles. The first-order valence-electron chi connectivity index (χ1n) is 4.80. The Morgan fingerprint density at radius 2 is 2.36 bits per heavy atom. The van der Waals surface area contributed by atoms with Crippen molar-refractivity contribution in [3.8, 4) is 11.5 Å². The summed E-state index contributed by atoms with van der Waals surface area (Å²) < 4.78 is 10.9. The molecular weight excluding hydrogens is 180 g/mol. The van der Waals surface area contributed by atoms with E-state index in [0.717, 1.165) is 24.3 Å². The predicted molar refractivity (Wildman–Crippen MR) is 52.7 cm³/mol. The minimum absolute atomic E-state index is 0.135. The van der Waals surface area contributed by atoms with E-state index in [1.54, 1.807) is 12.1 Å². The van der Waals surface area contributed by atoms with Crippen molar-refractivity contribution in [3.05, 3.63) is 23.8 Å². The topological polar surface area (TPSA) is 38.7 Å². The first-order chi connectivity index (χ1) is 6.77. The molecule has 0 bridgehead atoms. The summed E-state index contributed by atoms with van der Waals surface area (Å²) in [5, 5.41) is 9.46. The largest absolute Gasteiger partial charge is 0.508 e. The molecule has 1 aromatic rings. The molecule has 76 valence electrons. The fourth-order valence-electron chi connectivity index (χ4n) is 1.52. The van der Waals surface area contributed by atoms with Gasteiger partial charge >= 0.3 is 0 Å². The van der Waals surface area contributed by atoms with Crippen molar-refractivity contribution < 1.29 is 14.6 Å². The van der Waals surface area contributed by atoms with Crippen molar-refractivity contribution in [1.82, 2.24) is 0 Å². The third-order valence-electron chi connectivity index (χ3n) is 2.44. The van der Waals surface area contributed by atoms with E-state index in [-0.39, 0.29) is 11.9 Å². The van der Waals surface area contributed by atoms with Gasteiger partial charge < -0.3 is 14.6 Å². The second-order valence-corrected chi connectivity index (χ2v) is 3.50. The molecule has 0 amide bonds. The van der Waals surface area contributed by atoms with Crippen molar-refractivity contribution in [3.63, 3.8) is 0 Å². The molecule has 0 aliphatic carbocycles. The minimum Gasteiger partial charge on any atom is -0.508 e. The van der Waals surface area contributed by atoms with Crippen LogP contribution in [0.4, 0.5) is 0 Å². The van der Waals surface area contributed by atoms with Crippen LogP contribution >= 0.6 is 0 Å². The lowest BCUT2D eigenvalue weighted by molar-refractivity contribution is 0.140. The van der Waals surface area contributed by atoms with E-state index < -0.39 is 0 Å². The Morgan fingerprint density at radius 1 is 1.50 bits per heavy atom. The lowest BCUT2D eigenvalue weighted by Crippen LogP contribution is -2.16. The Morgan fingerprint density at radius 3 is 3.07 bits per heavy atom. The predicted octanol–water partition coefficient (Wildman–Crippen LogP) is 1.87. The summed E-state index contributed by atoms with van der Waals surface area (Å²) >= 11 is 0. The molecule has 1 aromatic carbocycles. The van der Waals surface area contributed by atoms with Crippen LogP contribution in [0.15, 0.2) is 18.2 Å². The van der Waals surface area contributed by atoms with Gasteiger partial charge in [-0.25, -0.2) is 0 Å². The first kappa shape index (κ1) is 9.34. The van der Waals surface area contributed by atoms with Crippen LogP contribution in [0.1, 0.15) is 12.0 Å². The van der Waals surface area contributed by atoms with Crippen LogP contribution in [-0.2, 0) is 4.74 Å². The van der Waals surface area contributed by atoms with E-state index in [9.17, 15) is 5.11 Å². The SMILES string of the molecule is Cc1c(O)cccc1O[C@@H]1CCOC1. The molecule has 3 nitrogen and oxygen atoms in total. The number of hydrogen-bond donors (Lipinski definition) is 1. The zero-order chi connectivity index (χ0) is 9.97. The molecule has 1 atom stereocenters. The monoisotopic (exact) mass is 194 g/mol. The summed E-state index contributed by atoms with van der Waals surface area (Å²) in [5.41, 5.74) is 0.791. The normalized spacial score (nSPS) is 21.1. The second kappa shape index (κ2) is 3.88. The first-order valence-corrected chi connectivity index (χ1v) is 4.80. The van der Waals surface area contributed by atoms with E-state index >= 15 is 0 Å². The molecule has 1 heterocycles. The number of phenols is 1. The Bertz CT molecular complexity index is 316. The third kappa shape index (κ3) is 1.82. The van der Waals surface area contributed by atoms with Crippen molar-refractivity contribution in [2.24, 2.45) is 0 Å². The van der Waals surface area contributed by atoms with Crippen LogP contribution in [0, 0.1) is 6.92 Å². The summed E-state index contributed by atoms with van der Waals surface area (Å²) in [7, 11) is 0. The molecular formula is C11H14O3. The van der Waals surface area contributed by atoms with Crippen LogP contribution in [0.5, 0.6) is 11.5 Å². The van der Waals surface area contributed by atoms with Gasteiger partial charge in [-0.3, -0.25) is 0 Å². The molecule has 0 unspecified atom stereocenters. The number of aromatic hydroxyl groups is 1. The Balaban J connectivity index is 2.11. The number of phenolic OH excluding ortho intramolecular Hbond substituents is 1. The van der Waals surface area contributed by atoms with E-state index in [0.29, 0.717) is 6.61 Å². The molecule has 3 heteroatoms. The van der Waals surface area contributed by atoms with Crippen molar-refractivity contribution in [1.29, 1.82) is 0 Å². The zero-order valence-electron chi connectivity index (χ0n) is 8.19. The average Bonchev–Trinajstić information content (AvgIpc) is 2.66. The fraction of sp³-hybridized carbons (Fsp3) is 0.455. The second-order valence-electron chi connectivity index (χ2n) is 3.50. The highest BCUT2D eigenvalue weighted by atomic mass is 16.5. The molecule has 1 aliphatic rings. The summed E-state index contributed by atoms with van der Waals surface area (Å²) in [4.78, 5) is 0. The van der Waals surface area contributed by atoms with Crippen LogP contribution in [0.2, 0.25) is 0 Å². The Hall–Kier alpha value is -1.22. The molecule has 1 aliphatic heterocycles. The molecule has 1 fully saturated rings. The van der Waals surface area contributed by atoms with E-state index in [1.807, 2.05) is 13.0 Å². The van der Waals surface area contributed by atoms with Crippen molar-refractivity contribution >= 4 is 0 Å². The lowest BCUT2D eigenvalue weighted by Gasteiger charge is -2.14. The number of ether oxygens (including phenoxy) is 2. The highest BCUT2D eigenvalue weighted by molar-refractivity contribution is 5.42. The number of benzene rings is 1. The van der Waals surface area contributed by atoms with Gasteiger partial charge in [-0.2, -0.15) is 0 Å². The maximum atomic E-state index is 9.46. The minimum atomic E-state index is 0.135. The van der Waals surface area contributed by atoms with Gasteiger partial charge in [0.1, 0.15) is 17.6 Å². The fourth-order valence-corrected chi connectivity index (χ4v) is 1.52. The van der Waals surface area contributed by atoms with Gasteiger partial charge in [0.15, 0.2) is 0 Å². The molecule has 0 saturated carbocycles. The Kier molecular flexibility index (Phi) is 2.59. The highest BCUT2D eigenvalue weighted by Gasteiger charge is 2.18. The molecule has 0 spiro atoms. The number of rotatable bonds is 2. The summed E-state index contributed by atoms with van der Waals surface area (Å²) in [5.74, 6) is 1.03. The van der Waals surface area contributed by atoms with Crippen LogP contribution in [0.3, 0.4) is 0 Å². The van der Waals surface area contributed by atoms with E-state index in [2.05, 4.69) is 0 Å². The van der Waals surface area contributed by atoms with Crippen LogP contribution in [-0.4, -0.2) is 24.4 Å². The van der Waals surface area contributed by atoms with Gasteiger partial charge in [0.25, 0.3) is 0 Å². The summed E-state index contributed by atoms with van der Waals surface area (Å²) in [6, 6.07) is 5.31. The van der Waals surface area contributed by atoms with Gasteiger partial charge in [-0.15, -0.1) is 0 Å². The highest BCUT2D eigenvalue weighted by Crippen LogP contribution is 2.27. The third-order valence-corrected chi connectivity index (χ3v) is 2.44. The molecule has 14 heavy (non-hydrogen) atoms. The quantitative estimate of drug-likeness (QED) is 0.781. The summed E-state index contributed by atoms with van der Waals surface area (Å²) in [6.45, 7) is 3.26. The standard InChI is InChI=1S/C11H14O3/c1-8-10(12)3-2-4-11(8)14-9-5-6-13-7-9/h2-4,9,12H,5-7H2,1H3/t9-/m1/s1. The van der Waals surface area contributed by atoms with E-state index in [1.165, 1.54) is 0 Å². The van der Waals surface area contributed by atoms with E-state index in [4.69, 9.17) is 9.47 Å². The molecule has 2 rings (SSSR count). The number of hydrogen-bond acceptors (Lipinski definition) is 3. The molecule has 0 radical (unpaired) electrons. The van der Waals surface area contributed by atoms with Crippen molar-refractivity contribution in [2.75, 3.05) is 13.2 Å². The van der Waals surface area contributed by atoms with Crippen molar-refractivity contribution in [2.45, 2.75) is 19.4 Å². The van der Waals surface area contributed by atoms with Gasteiger partial charge in [0.05, 0.1) is 13.2 Å². The average molecular weight is 194 g/mol. The maximum Gasteiger partial charge on any atom is 0.126 e. The van der Waals surface area contributed by atoms with Gasteiger partial charge in [0.2, 0.25) is 0 Å². The smallest absolute Gasteiger partial charge is 0.126 e. The summed E-state index contributed by atoms with van der Waals surface area (Å²) in [6.07, 6.45) is 1.06. The maximum absolute atomic E-state index is 9.46. The lowest BCUT2D eigenvalue weighted by atomic mass is 10.2. The van der Waals surface area contributed by atoms with Crippen LogP contribution < -0.4 is 4.74 Å².